The van der Waals surface area contributed by atoms with Gasteiger partial charge >= 0.3 is 5.97 Å². The van der Waals surface area contributed by atoms with Crippen LogP contribution < -0.4 is 9.47 Å². The average molecular weight is 423 g/mol. The SMILES string of the molecule is COc1cc2c(cc1OC)CN(/C=N/c1ccc3c(c1)C(OC(C)=O)CCCC3)CC2. The number of ether oxygens (including phenoxy) is 3. The fourth-order valence-electron chi connectivity index (χ4n) is 4.47. The van der Waals surface area contributed by atoms with Gasteiger partial charge in [0.1, 0.15) is 6.10 Å². The van der Waals surface area contributed by atoms with Crippen LogP contribution in [0.4, 0.5) is 5.69 Å². The molecule has 31 heavy (non-hydrogen) atoms. The molecule has 0 amide bonds. The zero-order chi connectivity index (χ0) is 21.8. The van der Waals surface area contributed by atoms with Crippen LogP contribution in [0.15, 0.2) is 35.3 Å². The van der Waals surface area contributed by atoms with Gasteiger partial charge in [0.15, 0.2) is 11.5 Å². The maximum Gasteiger partial charge on any atom is 0.303 e. The zero-order valence-electron chi connectivity index (χ0n) is 18.5. The van der Waals surface area contributed by atoms with Gasteiger partial charge in [-0.3, -0.25) is 4.79 Å². The number of hydrogen-bond donors (Lipinski definition) is 0. The van der Waals surface area contributed by atoms with Gasteiger partial charge in [0.25, 0.3) is 0 Å². The van der Waals surface area contributed by atoms with Crippen LogP contribution in [-0.2, 0) is 28.9 Å². The molecule has 0 saturated carbocycles. The number of carbonyl (C=O) groups excluding carboxylic acids is 1. The number of fused-ring (bicyclic) bond motifs is 2. The Morgan fingerprint density at radius 2 is 1.81 bits per heavy atom. The van der Waals surface area contributed by atoms with Crippen LogP contribution in [0.2, 0.25) is 0 Å². The quantitative estimate of drug-likeness (QED) is 0.301. The topological polar surface area (TPSA) is 60.4 Å². The summed E-state index contributed by atoms with van der Waals surface area (Å²) in [6, 6.07) is 10.4. The predicted molar refractivity (Wildman–Crippen MR) is 120 cm³/mol. The van der Waals surface area contributed by atoms with Crippen molar-refractivity contribution < 1.29 is 19.0 Å². The predicted octanol–water partition coefficient (Wildman–Crippen LogP) is 4.75. The molecule has 6 nitrogen and oxygen atoms in total. The number of aryl methyl sites for hydroxylation is 1. The minimum Gasteiger partial charge on any atom is -0.493 e. The third-order valence-corrected chi connectivity index (χ3v) is 6.06. The molecule has 164 valence electrons. The fraction of sp³-hybridized carbons (Fsp3) is 0.440. The van der Waals surface area contributed by atoms with E-state index in [1.807, 2.05) is 6.34 Å². The first-order valence-electron chi connectivity index (χ1n) is 10.9. The molecule has 1 unspecified atom stereocenters. The third-order valence-electron chi connectivity index (χ3n) is 6.06. The maximum atomic E-state index is 11.6. The van der Waals surface area contributed by atoms with E-state index in [1.165, 1.54) is 23.6 Å². The highest BCUT2D eigenvalue weighted by molar-refractivity contribution is 5.67. The van der Waals surface area contributed by atoms with Crippen LogP contribution >= 0.6 is 0 Å². The van der Waals surface area contributed by atoms with Crippen molar-refractivity contribution in [3.05, 3.63) is 52.6 Å². The Hall–Kier alpha value is -3.02. The van der Waals surface area contributed by atoms with Crippen LogP contribution in [0.25, 0.3) is 0 Å². The highest BCUT2D eigenvalue weighted by atomic mass is 16.5. The molecule has 1 heterocycles. The molecule has 1 aliphatic heterocycles. The van der Waals surface area contributed by atoms with Crippen LogP contribution in [0.5, 0.6) is 11.5 Å². The van der Waals surface area contributed by atoms with Crippen molar-refractivity contribution >= 4 is 18.0 Å². The molecule has 2 aromatic rings. The summed E-state index contributed by atoms with van der Waals surface area (Å²) in [5, 5.41) is 0. The molecule has 6 heteroatoms. The van der Waals surface area contributed by atoms with E-state index in [2.05, 4.69) is 35.2 Å². The van der Waals surface area contributed by atoms with E-state index in [1.54, 1.807) is 14.2 Å². The Morgan fingerprint density at radius 1 is 1.03 bits per heavy atom. The molecular weight excluding hydrogens is 392 g/mol. The molecular formula is C25H30N2O4. The number of carbonyl (C=O) groups is 1. The summed E-state index contributed by atoms with van der Waals surface area (Å²) in [6.45, 7) is 3.15. The molecule has 0 radical (unpaired) electrons. The lowest BCUT2D eigenvalue weighted by Gasteiger charge is -2.27. The zero-order valence-corrected chi connectivity index (χ0v) is 18.5. The van der Waals surface area contributed by atoms with Gasteiger partial charge in [0.2, 0.25) is 0 Å². The standard InChI is InChI=1S/C25H30N2O4/c1-17(28)31-23-7-5-4-6-18-8-9-21(14-22(18)23)26-16-27-11-10-19-12-24(29-2)25(30-3)13-20(19)15-27/h8-9,12-14,16,23H,4-7,10-11,15H2,1-3H3/b26-16+. The van der Waals surface area contributed by atoms with Gasteiger partial charge in [-0.15, -0.1) is 0 Å². The summed E-state index contributed by atoms with van der Waals surface area (Å²) in [6.07, 6.45) is 6.74. The smallest absolute Gasteiger partial charge is 0.303 e. The minimum absolute atomic E-state index is 0.172. The van der Waals surface area contributed by atoms with Crippen LogP contribution in [0, 0.1) is 0 Å². The van der Waals surface area contributed by atoms with E-state index in [9.17, 15) is 4.79 Å². The summed E-state index contributed by atoms with van der Waals surface area (Å²) >= 11 is 0. The Balaban J connectivity index is 1.52. The Bertz CT molecular complexity index is 986. The number of aliphatic imine (C=N–C) groups is 1. The molecule has 0 bridgehead atoms. The lowest BCUT2D eigenvalue weighted by atomic mass is 9.99. The lowest BCUT2D eigenvalue weighted by molar-refractivity contribution is -0.147. The summed E-state index contributed by atoms with van der Waals surface area (Å²) in [4.78, 5) is 18.5. The Morgan fingerprint density at radius 3 is 2.55 bits per heavy atom. The van der Waals surface area contributed by atoms with Crippen molar-refractivity contribution in [3.63, 3.8) is 0 Å². The first kappa shape index (κ1) is 21.2. The highest BCUT2D eigenvalue weighted by Gasteiger charge is 2.22. The van der Waals surface area contributed by atoms with E-state index in [0.717, 1.165) is 67.9 Å². The monoisotopic (exact) mass is 422 g/mol. The number of methoxy groups -OCH3 is 2. The minimum atomic E-state index is -0.231. The highest BCUT2D eigenvalue weighted by Crippen LogP contribution is 2.35. The Labute approximate surface area is 183 Å². The summed E-state index contributed by atoms with van der Waals surface area (Å²) in [7, 11) is 3.33. The van der Waals surface area contributed by atoms with Gasteiger partial charge in [0.05, 0.1) is 26.2 Å². The molecule has 0 spiro atoms. The molecule has 2 aromatic carbocycles. The summed E-state index contributed by atoms with van der Waals surface area (Å²) < 4.78 is 16.5. The van der Waals surface area contributed by atoms with E-state index in [0.29, 0.717) is 0 Å². The van der Waals surface area contributed by atoms with Crippen molar-refractivity contribution in [2.75, 3.05) is 20.8 Å². The molecule has 0 N–H and O–H groups in total. The van der Waals surface area contributed by atoms with Crippen molar-refractivity contribution in [1.82, 2.24) is 4.90 Å². The fourth-order valence-corrected chi connectivity index (χ4v) is 4.47. The number of esters is 1. The molecule has 2 aliphatic rings. The van der Waals surface area contributed by atoms with Gasteiger partial charge < -0.3 is 19.1 Å². The van der Waals surface area contributed by atoms with Crippen LogP contribution in [-0.4, -0.2) is 38.0 Å². The lowest BCUT2D eigenvalue weighted by Crippen LogP contribution is -2.29. The number of benzene rings is 2. The largest absolute Gasteiger partial charge is 0.493 e. The van der Waals surface area contributed by atoms with E-state index in [4.69, 9.17) is 19.2 Å². The molecule has 1 atom stereocenters. The van der Waals surface area contributed by atoms with Crippen LogP contribution in [0.3, 0.4) is 0 Å². The Kier molecular flexibility index (Phi) is 6.44. The van der Waals surface area contributed by atoms with Gasteiger partial charge in [0, 0.05) is 20.0 Å². The molecule has 4 rings (SSSR count). The second-order valence-corrected chi connectivity index (χ2v) is 8.17. The van der Waals surface area contributed by atoms with Crippen molar-refractivity contribution in [2.24, 2.45) is 4.99 Å². The third kappa shape index (κ3) is 4.84. The molecule has 0 fully saturated rings. The van der Waals surface area contributed by atoms with Gasteiger partial charge in [-0.25, -0.2) is 4.99 Å². The number of nitrogens with zero attached hydrogens (tertiary/aromatic N) is 2. The second-order valence-electron chi connectivity index (χ2n) is 8.17. The van der Waals surface area contributed by atoms with Crippen molar-refractivity contribution in [1.29, 1.82) is 0 Å². The molecule has 0 aromatic heterocycles. The summed E-state index contributed by atoms with van der Waals surface area (Å²) in [5.74, 6) is 1.30. The average Bonchev–Trinajstić information content (AvgIpc) is 2.98. The van der Waals surface area contributed by atoms with Crippen molar-refractivity contribution in [2.45, 2.75) is 51.7 Å². The first-order valence-corrected chi connectivity index (χ1v) is 10.9. The number of hydrogen-bond acceptors (Lipinski definition) is 5. The number of rotatable bonds is 5. The van der Waals surface area contributed by atoms with Crippen molar-refractivity contribution in [3.8, 4) is 11.5 Å². The summed E-state index contributed by atoms with van der Waals surface area (Å²) in [5.41, 5.74) is 5.76. The van der Waals surface area contributed by atoms with E-state index in [-0.39, 0.29) is 12.1 Å². The van der Waals surface area contributed by atoms with Gasteiger partial charge in [-0.1, -0.05) is 6.07 Å². The maximum absolute atomic E-state index is 11.6. The van der Waals surface area contributed by atoms with Gasteiger partial charge in [-0.2, -0.15) is 0 Å². The second kappa shape index (κ2) is 9.41. The van der Waals surface area contributed by atoms with E-state index < -0.39 is 0 Å². The van der Waals surface area contributed by atoms with E-state index >= 15 is 0 Å². The first-order chi connectivity index (χ1) is 15.1. The van der Waals surface area contributed by atoms with Gasteiger partial charge in [-0.05, 0) is 78.6 Å². The molecule has 1 aliphatic carbocycles. The van der Waals surface area contributed by atoms with Crippen LogP contribution in [0.1, 0.15) is 54.5 Å². The normalized spacial score (nSPS) is 18.2. The molecule has 0 saturated heterocycles.